The third kappa shape index (κ3) is 5.21. The molecule has 1 aromatic heterocycles. The third-order valence-electron chi connectivity index (χ3n) is 5.30. The lowest BCUT2D eigenvalue weighted by Gasteiger charge is -2.31. The molecule has 0 atom stereocenters. The van der Waals surface area contributed by atoms with Gasteiger partial charge in [0, 0.05) is 31.1 Å². The maximum absolute atomic E-state index is 5.52. The smallest absolute Gasteiger partial charge is 0.227 e. The molecule has 0 bridgehead atoms. The Morgan fingerprint density at radius 3 is 2.31 bits per heavy atom. The van der Waals surface area contributed by atoms with Crippen LogP contribution in [0.1, 0.15) is 33.6 Å². The van der Waals surface area contributed by atoms with Gasteiger partial charge in [-0.2, -0.15) is 4.98 Å². The molecule has 1 fully saturated rings. The number of piperidine rings is 1. The third-order valence-corrected chi connectivity index (χ3v) is 5.30. The van der Waals surface area contributed by atoms with Gasteiger partial charge in [-0.1, -0.05) is 20.8 Å². The Morgan fingerprint density at radius 1 is 1.10 bits per heavy atom. The van der Waals surface area contributed by atoms with E-state index in [0.29, 0.717) is 17.5 Å². The molecule has 1 N–H and O–H groups in total. The Hall–Kier alpha value is -2.28. The standard InChI is InChI=1S/C22H35N5O2/c1-22(2,3)14-27(5)21-24-17-13-19(29-7)18(28-6)12-16(17)20(25-21)23-15-8-10-26(4)11-9-15/h12-13,15H,8-11,14H2,1-7H3,(H,23,24,25). The minimum atomic E-state index is 0.145. The van der Waals surface area contributed by atoms with Gasteiger partial charge in [0.25, 0.3) is 0 Å². The van der Waals surface area contributed by atoms with Gasteiger partial charge in [0.15, 0.2) is 11.5 Å². The molecule has 0 unspecified atom stereocenters. The van der Waals surface area contributed by atoms with E-state index < -0.39 is 0 Å². The fourth-order valence-corrected chi connectivity index (χ4v) is 3.85. The van der Waals surface area contributed by atoms with Crippen LogP contribution in [0.4, 0.5) is 11.8 Å². The average molecular weight is 402 g/mol. The molecule has 2 heterocycles. The Balaban J connectivity index is 2.04. The fraction of sp³-hybridized carbons (Fsp3) is 0.636. The molecule has 160 valence electrons. The quantitative estimate of drug-likeness (QED) is 0.793. The predicted molar refractivity (Wildman–Crippen MR) is 120 cm³/mol. The second-order valence-corrected chi connectivity index (χ2v) is 9.24. The molecule has 0 amide bonds. The maximum atomic E-state index is 5.52. The first-order valence-corrected chi connectivity index (χ1v) is 10.3. The lowest BCUT2D eigenvalue weighted by Crippen LogP contribution is -2.37. The van der Waals surface area contributed by atoms with Gasteiger partial charge in [-0.3, -0.25) is 0 Å². The lowest BCUT2D eigenvalue weighted by molar-refractivity contribution is 0.263. The number of nitrogens with zero attached hydrogens (tertiary/aromatic N) is 4. The van der Waals surface area contributed by atoms with Gasteiger partial charge >= 0.3 is 0 Å². The van der Waals surface area contributed by atoms with E-state index in [1.807, 2.05) is 19.2 Å². The zero-order chi connectivity index (χ0) is 21.2. The number of benzene rings is 1. The first-order chi connectivity index (χ1) is 13.7. The SMILES string of the molecule is COc1cc2nc(N(C)CC(C)(C)C)nc(NC3CCN(C)CC3)c2cc1OC. The van der Waals surface area contributed by atoms with Crippen LogP contribution in [0.5, 0.6) is 11.5 Å². The normalized spacial score (nSPS) is 16.1. The Labute approximate surface area is 174 Å². The predicted octanol–water partition coefficient (Wildman–Crippen LogP) is 3.64. The van der Waals surface area contributed by atoms with Gasteiger partial charge in [0.2, 0.25) is 5.95 Å². The first kappa shape index (κ1) is 21.4. The minimum absolute atomic E-state index is 0.145. The summed E-state index contributed by atoms with van der Waals surface area (Å²) >= 11 is 0. The summed E-state index contributed by atoms with van der Waals surface area (Å²) in [5.74, 6) is 2.94. The first-order valence-electron chi connectivity index (χ1n) is 10.3. The molecule has 7 nitrogen and oxygen atoms in total. The molecule has 0 radical (unpaired) electrons. The highest BCUT2D eigenvalue weighted by Gasteiger charge is 2.22. The highest BCUT2D eigenvalue weighted by molar-refractivity contribution is 5.93. The van der Waals surface area contributed by atoms with E-state index in [-0.39, 0.29) is 5.41 Å². The molecule has 0 spiro atoms. The van der Waals surface area contributed by atoms with Crippen molar-refractivity contribution in [1.82, 2.24) is 14.9 Å². The van der Waals surface area contributed by atoms with Crippen molar-refractivity contribution in [2.45, 2.75) is 39.7 Å². The van der Waals surface area contributed by atoms with Crippen LogP contribution in [0.3, 0.4) is 0 Å². The molecule has 7 heteroatoms. The lowest BCUT2D eigenvalue weighted by atomic mass is 9.96. The molecular weight excluding hydrogens is 366 g/mol. The van der Waals surface area contributed by atoms with Crippen LogP contribution in [0.2, 0.25) is 0 Å². The van der Waals surface area contributed by atoms with Gasteiger partial charge in [0.05, 0.1) is 19.7 Å². The van der Waals surface area contributed by atoms with Crippen LogP contribution in [0, 0.1) is 5.41 Å². The van der Waals surface area contributed by atoms with Crippen LogP contribution >= 0.6 is 0 Å². The van der Waals surface area contributed by atoms with Crippen LogP contribution in [0.25, 0.3) is 10.9 Å². The van der Waals surface area contributed by atoms with E-state index in [4.69, 9.17) is 19.4 Å². The van der Waals surface area contributed by atoms with Gasteiger partial charge in [-0.25, -0.2) is 4.98 Å². The zero-order valence-corrected chi connectivity index (χ0v) is 18.9. The molecule has 2 aromatic rings. The summed E-state index contributed by atoms with van der Waals surface area (Å²) in [5.41, 5.74) is 0.996. The number of rotatable bonds is 6. The Morgan fingerprint density at radius 2 is 1.72 bits per heavy atom. The Bertz CT molecular complexity index is 841. The van der Waals surface area contributed by atoms with E-state index in [1.165, 1.54) is 0 Å². The molecular formula is C22H35N5O2. The summed E-state index contributed by atoms with van der Waals surface area (Å²) in [7, 11) is 7.52. The minimum Gasteiger partial charge on any atom is -0.493 e. The van der Waals surface area contributed by atoms with Crippen molar-refractivity contribution in [1.29, 1.82) is 0 Å². The van der Waals surface area contributed by atoms with Gasteiger partial charge in [-0.15, -0.1) is 0 Å². The number of ether oxygens (including phenoxy) is 2. The number of fused-ring (bicyclic) bond motifs is 1. The summed E-state index contributed by atoms with van der Waals surface area (Å²) in [6.45, 7) is 9.70. The molecule has 0 aliphatic carbocycles. The van der Waals surface area contributed by atoms with Gasteiger partial charge < -0.3 is 24.6 Å². The second-order valence-electron chi connectivity index (χ2n) is 9.24. The van der Waals surface area contributed by atoms with Crippen LogP contribution in [-0.4, -0.2) is 68.9 Å². The maximum Gasteiger partial charge on any atom is 0.227 e. The van der Waals surface area contributed by atoms with E-state index in [9.17, 15) is 0 Å². The largest absolute Gasteiger partial charge is 0.493 e. The van der Waals surface area contributed by atoms with Crippen molar-refractivity contribution in [3.8, 4) is 11.5 Å². The van der Waals surface area contributed by atoms with Crippen molar-refractivity contribution in [2.75, 3.05) is 58.2 Å². The molecule has 1 aromatic carbocycles. The van der Waals surface area contributed by atoms with Crippen LogP contribution in [0.15, 0.2) is 12.1 Å². The summed E-state index contributed by atoms with van der Waals surface area (Å²) in [4.78, 5) is 14.3. The Kier molecular flexibility index (Phi) is 6.36. The molecule has 3 rings (SSSR count). The summed E-state index contributed by atoms with van der Waals surface area (Å²) in [5, 5.41) is 4.64. The number of aromatic nitrogens is 2. The number of hydrogen-bond acceptors (Lipinski definition) is 7. The van der Waals surface area contributed by atoms with Gasteiger partial charge in [-0.05, 0) is 44.5 Å². The second kappa shape index (κ2) is 8.61. The highest BCUT2D eigenvalue weighted by Crippen LogP contribution is 2.35. The van der Waals surface area contributed by atoms with E-state index in [0.717, 1.165) is 55.1 Å². The zero-order valence-electron chi connectivity index (χ0n) is 18.9. The van der Waals surface area contributed by atoms with Crippen molar-refractivity contribution in [2.24, 2.45) is 5.41 Å². The van der Waals surface area contributed by atoms with Crippen molar-refractivity contribution < 1.29 is 9.47 Å². The van der Waals surface area contributed by atoms with Crippen molar-refractivity contribution in [3.63, 3.8) is 0 Å². The number of anilines is 2. The van der Waals surface area contributed by atoms with E-state index >= 15 is 0 Å². The summed E-state index contributed by atoms with van der Waals surface area (Å²) in [6, 6.07) is 4.31. The summed E-state index contributed by atoms with van der Waals surface area (Å²) < 4.78 is 11.0. The number of hydrogen-bond donors (Lipinski definition) is 1. The molecule has 1 aliphatic rings. The molecule has 1 aliphatic heterocycles. The van der Waals surface area contributed by atoms with Crippen molar-refractivity contribution >= 4 is 22.7 Å². The van der Waals surface area contributed by atoms with E-state index in [2.05, 4.69) is 42.9 Å². The topological polar surface area (TPSA) is 62.8 Å². The highest BCUT2D eigenvalue weighted by atomic mass is 16.5. The van der Waals surface area contributed by atoms with E-state index in [1.54, 1.807) is 14.2 Å². The number of methoxy groups -OCH3 is 2. The number of likely N-dealkylation sites (tertiary alicyclic amines) is 1. The molecule has 1 saturated heterocycles. The summed E-state index contributed by atoms with van der Waals surface area (Å²) in [6.07, 6.45) is 2.20. The van der Waals surface area contributed by atoms with Crippen LogP contribution in [-0.2, 0) is 0 Å². The van der Waals surface area contributed by atoms with Gasteiger partial charge in [0.1, 0.15) is 5.82 Å². The average Bonchev–Trinajstić information content (AvgIpc) is 2.67. The van der Waals surface area contributed by atoms with Crippen LogP contribution < -0.4 is 19.7 Å². The fourth-order valence-electron chi connectivity index (χ4n) is 3.85. The number of nitrogens with one attached hydrogen (secondary N) is 1. The monoisotopic (exact) mass is 401 g/mol. The molecule has 29 heavy (non-hydrogen) atoms. The molecule has 0 saturated carbocycles. The van der Waals surface area contributed by atoms with Crippen molar-refractivity contribution in [3.05, 3.63) is 12.1 Å².